The Balaban J connectivity index is 3.99. The summed E-state index contributed by atoms with van der Waals surface area (Å²) in [6, 6.07) is 0. The molecular weight excluding hydrogens is 180 g/mol. The van der Waals surface area contributed by atoms with Gasteiger partial charge >= 0.3 is 5.97 Å². The fraction of sp³-hybridized carbons (Fsp3) is 0.818. The zero-order chi connectivity index (χ0) is 11.1. The molecule has 0 radical (unpaired) electrons. The molecule has 0 spiro atoms. The van der Waals surface area contributed by atoms with Gasteiger partial charge in [-0.25, -0.2) is 0 Å². The molecule has 3 nitrogen and oxygen atoms in total. The molecule has 0 saturated heterocycles. The molecule has 0 aliphatic heterocycles. The lowest BCUT2D eigenvalue weighted by atomic mass is 9.95. The third-order valence-corrected chi connectivity index (χ3v) is 2.25. The van der Waals surface area contributed by atoms with Gasteiger partial charge < -0.3 is 4.74 Å². The summed E-state index contributed by atoms with van der Waals surface area (Å²) in [4.78, 5) is 22.3. The smallest absolute Gasteiger partial charge is 0.316 e. The zero-order valence-electron chi connectivity index (χ0n) is 9.50. The number of hydrogen-bond acceptors (Lipinski definition) is 3. The molecular formula is C11H20O3. The van der Waals surface area contributed by atoms with E-state index in [0.717, 1.165) is 12.8 Å². The van der Waals surface area contributed by atoms with E-state index < -0.39 is 11.9 Å². The van der Waals surface area contributed by atoms with Crippen LogP contribution in [0.15, 0.2) is 0 Å². The van der Waals surface area contributed by atoms with Crippen LogP contribution in [0.25, 0.3) is 0 Å². The maximum atomic E-state index is 11.2. The molecule has 0 aromatic heterocycles. The van der Waals surface area contributed by atoms with Crippen LogP contribution < -0.4 is 0 Å². The van der Waals surface area contributed by atoms with E-state index >= 15 is 0 Å². The van der Waals surface area contributed by atoms with E-state index in [0.29, 0.717) is 12.3 Å². The first-order valence-corrected chi connectivity index (χ1v) is 5.07. The van der Waals surface area contributed by atoms with Crippen molar-refractivity contribution >= 4 is 11.8 Å². The topological polar surface area (TPSA) is 43.4 Å². The Morgan fingerprint density at radius 1 is 1.21 bits per heavy atom. The number of methoxy groups -OCH3 is 1. The summed E-state index contributed by atoms with van der Waals surface area (Å²) < 4.78 is 4.57. The van der Waals surface area contributed by atoms with Crippen molar-refractivity contribution in [3.63, 3.8) is 0 Å². The molecule has 3 heteroatoms. The van der Waals surface area contributed by atoms with E-state index in [2.05, 4.69) is 18.6 Å². The number of carbonyl (C=O) groups excluding carboxylic acids is 2. The van der Waals surface area contributed by atoms with Crippen LogP contribution >= 0.6 is 0 Å². The summed E-state index contributed by atoms with van der Waals surface area (Å²) in [6.07, 6.45) is 2.55. The lowest BCUT2D eigenvalue weighted by molar-refractivity contribution is -0.149. The highest BCUT2D eigenvalue weighted by Crippen LogP contribution is 2.14. The second kappa shape index (κ2) is 6.57. The van der Waals surface area contributed by atoms with Crippen molar-refractivity contribution in [1.29, 1.82) is 0 Å². The Bertz CT molecular complexity index is 197. The molecule has 0 aromatic rings. The minimum absolute atomic E-state index is 0.0967. The second-order valence-corrected chi connectivity index (χ2v) is 4.01. The molecule has 0 rings (SSSR count). The Morgan fingerprint density at radius 3 is 2.14 bits per heavy atom. The standard InChI is InChI=1S/C11H20O3/c1-8(2)6-5-7-10(9(3)12)11(13)14-4/h8,10H,5-7H2,1-4H3. The highest BCUT2D eigenvalue weighted by Gasteiger charge is 2.23. The molecule has 82 valence electrons. The molecule has 0 aliphatic rings. The third kappa shape index (κ3) is 5.00. The first-order valence-electron chi connectivity index (χ1n) is 5.07. The number of ether oxygens (including phenoxy) is 1. The summed E-state index contributed by atoms with van der Waals surface area (Å²) in [5.41, 5.74) is 0. The highest BCUT2D eigenvalue weighted by atomic mass is 16.5. The fourth-order valence-corrected chi connectivity index (χ4v) is 1.36. The fourth-order valence-electron chi connectivity index (χ4n) is 1.36. The Morgan fingerprint density at radius 2 is 1.79 bits per heavy atom. The molecule has 0 amide bonds. The van der Waals surface area contributed by atoms with Gasteiger partial charge in [-0.05, 0) is 19.3 Å². The van der Waals surface area contributed by atoms with Gasteiger partial charge in [0.05, 0.1) is 7.11 Å². The Hall–Kier alpha value is -0.860. The number of carbonyl (C=O) groups is 2. The van der Waals surface area contributed by atoms with Crippen LogP contribution in [0.4, 0.5) is 0 Å². The van der Waals surface area contributed by atoms with Crippen molar-refractivity contribution < 1.29 is 14.3 Å². The van der Waals surface area contributed by atoms with E-state index in [1.165, 1.54) is 14.0 Å². The van der Waals surface area contributed by atoms with Gasteiger partial charge in [0.2, 0.25) is 0 Å². The summed E-state index contributed by atoms with van der Waals surface area (Å²) in [5, 5.41) is 0. The highest BCUT2D eigenvalue weighted by molar-refractivity contribution is 5.97. The summed E-state index contributed by atoms with van der Waals surface area (Å²) in [5.74, 6) is -0.444. The summed E-state index contributed by atoms with van der Waals surface area (Å²) >= 11 is 0. The van der Waals surface area contributed by atoms with E-state index in [1.54, 1.807) is 0 Å². The number of rotatable bonds is 6. The van der Waals surface area contributed by atoms with Gasteiger partial charge in [-0.15, -0.1) is 0 Å². The first-order chi connectivity index (χ1) is 6.49. The van der Waals surface area contributed by atoms with Crippen molar-refractivity contribution in [3.8, 4) is 0 Å². The number of hydrogen-bond donors (Lipinski definition) is 0. The van der Waals surface area contributed by atoms with E-state index in [9.17, 15) is 9.59 Å². The van der Waals surface area contributed by atoms with Crippen LogP contribution in [0.1, 0.15) is 40.0 Å². The van der Waals surface area contributed by atoms with Gasteiger partial charge in [-0.3, -0.25) is 9.59 Å². The molecule has 0 fully saturated rings. The molecule has 0 aliphatic carbocycles. The molecule has 0 saturated carbocycles. The van der Waals surface area contributed by atoms with Crippen molar-refractivity contribution in [2.75, 3.05) is 7.11 Å². The first kappa shape index (κ1) is 13.1. The predicted molar refractivity (Wildman–Crippen MR) is 54.9 cm³/mol. The molecule has 14 heavy (non-hydrogen) atoms. The molecule has 0 bridgehead atoms. The monoisotopic (exact) mass is 200 g/mol. The molecule has 1 atom stereocenters. The second-order valence-electron chi connectivity index (χ2n) is 4.01. The van der Waals surface area contributed by atoms with Crippen LogP contribution in [0.2, 0.25) is 0 Å². The van der Waals surface area contributed by atoms with Gasteiger partial charge in [-0.2, -0.15) is 0 Å². The van der Waals surface area contributed by atoms with Gasteiger partial charge in [0, 0.05) is 0 Å². The number of ketones is 1. The SMILES string of the molecule is COC(=O)C(CCCC(C)C)C(C)=O. The van der Waals surface area contributed by atoms with Crippen LogP contribution in [0.3, 0.4) is 0 Å². The van der Waals surface area contributed by atoms with E-state index in [-0.39, 0.29) is 5.78 Å². The largest absolute Gasteiger partial charge is 0.468 e. The summed E-state index contributed by atoms with van der Waals surface area (Å²) in [6.45, 7) is 5.69. The molecule has 0 aromatic carbocycles. The normalized spacial score (nSPS) is 12.6. The average molecular weight is 200 g/mol. The molecule has 1 unspecified atom stereocenters. The quantitative estimate of drug-likeness (QED) is 0.487. The van der Waals surface area contributed by atoms with Crippen LogP contribution in [0.5, 0.6) is 0 Å². The lowest BCUT2D eigenvalue weighted by Crippen LogP contribution is -2.23. The Labute approximate surface area is 85.8 Å². The van der Waals surface area contributed by atoms with E-state index in [1.807, 2.05) is 0 Å². The van der Waals surface area contributed by atoms with E-state index in [4.69, 9.17) is 0 Å². The summed E-state index contributed by atoms with van der Waals surface area (Å²) in [7, 11) is 1.32. The van der Waals surface area contributed by atoms with Gasteiger partial charge in [0.15, 0.2) is 0 Å². The minimum atomic E-state index is -0.557. The maximum Gasteiger partial charge on any atom is 0.316 e. The van der Waals surface area contributed by atoms with Gasteiger partial charge in [0.25, 0.3) is 0 Å². The predicted octanol–water partition coefficient (Wildman–Crippen LogP) is 2.19. The molecule has 0 N–H and O–H groups in total. The minimum Gasteiger partial charge on any atom is -0.468 e. The number of esters is 1. The van der Waals surface area contributed by atoms with Crippen LogP contribution in [0, 0.1) is 11.8 Å². The third-order valence-electron chi connectivity index (χ3n) is 2.25. The average Bonchev–Trinajstić information content (AvgIpc) is 2.10. The molecule has 0 heterocycles. The van der Waals surface area contributed by atoms with Crippen molar-refractivity contribution in [2.24, 2.45) is 11.8 Å². The van der Waals surface area contributed by atoms with Crippen molar-refractivity contribution in [1.82, 2.24) is 0 Å². The van der Waals surface area contributed by atoms with Gasteiger partial charge in [-0.1, -0.05) is 26.7 Å². The van der Waals surface area contributed by atoms with Crippen LogP contribution in [-0.4, -0.2) is 18.9 Å². The van der Waals surface area contributed by atoms with Crippen LogP contribution in [-0.2, 0) is 14.3 Å². The van der Waals surface area contributed by atoms with Crippen molar-refractivity contribution in [3.05, 3.63) is 0 Å². The lowest BCUT2D eigenvalue weighted by Gasteiger charge is -2.11. The maximum absolute atomic E-state index is 11.2. The van der Waals surface area contributed by atoms with Crippen molar-refractivity contribution in [2.45, 2.75) is 40.0 Å². The Kier molecular flexibility index (Phi) is 6.17. The number of Topliss-reactive ketones (excluding diaryl/α,β-unsaturated/α-hetero) is 1. The zero-order valence-corrected chi connectivity index (χ0v) is 9.50. The van der Waals surface area contributed by atoms with Gasteiger partial charge in [0.1, 0.15) is 11.7 Å².